The normalized spacial score (nSPS) is 11.3. The fraction of sp³-hybridized carbons (Fsp3) is 0.929. The highest BCUT2D eigenvalue weighted by Gasteiger charge is 2.17. The number of nitrogens with one attached hydrogen (secondary N) is 2. The molecule has 0 radical (unpaired) electrons. The minimum atomic E-state index is 0.313. The summed E-state index contributed by atoms with van der Waals surface area (Å²) < 4.78 is 4.99. The van der Waals surface area contributed by atoms with Gasteiger partial charge in [0.1, 0.15) is 0 Å². The summed E-state index contributed by atoms with van der Waals surface area (Å²) in [4.78, 5) is 0. The first-order valence-corrected chi connectivity index (χ1v) is 7.43. The third-order valence-electron chi connectivity index (χ3n) is 3.00. The standard InChI is InChI=1S/C14H30N2OS/c1-5-6-7-9-14(2,3)12-16-13(18)15-10-8-11-17-4/h5-12H2,1-4H3,(H2,15,16,18). The molecule has 0 aliphatic rings. The van der Waals surface area contributed by atoms with Crippen molar-refractivity contribution in [3.05, 3.63) is 0 Å². The monoisotopic (exact) mass is 274 g/mol. The van der Waals surface area contributed by atoms with Crippen molar-refractivity contribution >= 4 is 17.3 Å². The van der Waals surface area contributed by atoms with Gasteiger partial charge >= 0.3 is 0 Å². The quantitative estimate of drug-likeness (QED) is 0.474. The second-order valence-electron chi connectivity index (χ2n) is 5.58. The highest BCUT2D eigenvalue weighted by molar-refractivity contribution is 7.80. The van der Waals surface area contributed by atoms with Crippen LogP contribution in [0.2, 0.25) is 0 Å². The molecule has 3 nitrogen and oxygen atoms in total. The average Bonchev–Trinajstić information content (AvgIpc) is 2.32. The van der Waals surface area contributed by atoms with Gasteiger partial charge < -0.3 is 15.4 Å². The van der Waals surface area contributed by atoms with Crippen LogP contribution in [0.5, 0.6) is 0 Å². The van der Waals surface area contributed by atoms with E-state index in [4.69, 9.17) is 17.0 Å². The predicted molar refractivity (Wildman–Crippen MR) is 83.0 cm³/mol. The van der Waals surface area contributed by atoms with Gasteiger partial charge in [0.15, 0.2) is 5.11 Å². The van der Waals surface area contributed by atoms with Crippen molar-refractivity contribution in [3.63, 3.8) is 0 Å². The molecule has 0 heterocycles. The highest BCUT2D eigenvalue weighted by atomic mass is 32.1. The average molecular weight is 274 g/mol. The summed E-state index contributed by atoms with van der Waals surface area (Å²) in [6.45, 7) is 9.41. The number of methoxy groups -OCH3 is 1. The van der Waals surface area contributed by atoms with Gasteiger partial charge in [-0.2, -0.15) is 0 Å². The van der Waals surface area contributed by atoms with Crippen LogP contribution in [0.4, 0.5) is 0 Å². The maximum atomic E-state index is 5.24. The van der Waals surface area contributed by atoms with Gasteiger partial charge in [0.05, 0.1) is 0 Å². The zero-order valence-corrected chi connectivity index (χ0v) is 13.3. The van der Waals surface area contributed by atoms with E-state index in [1.54, 1.807) is 7.11 Å². The van der Waals surface area contributed by atoms with Gasteiger partial charge in [0, 0.05) is 26.8 Å². The van der Waals surface area contributed by atoms with Gasteiger partial charge in [0.2, 0.25) is 0 Å². The Kier molecular flexibility index (Phi) is 10.4. The van der Waals surface area contributed by atoms with E-state index in [1.807, 2.05) is 0 Å². The Morgan fingerprint density at radius 2 is 1.89 bits per heavy atom. The van der Waals surface area contributed by atoms with Gasteiger partial charge in [-0.05, 0) is 30.5 Å². The molecule has 18 heavy (non-hydrogen) atoms. The van der Waals surface area contributed by atoms with Crippen LogP contribution in [-0.2, 0) is 4.74 Å². The maximum Gasteiger partial charge on any atom is 0.166 e. The third-order valence-corrected chi connectivity index (χ3v) is 3.28. The molecule has 0 aromatic carbocycles. The summed E-state index contributed by atoms with van der Waals surface area (Å²) in [5.74, 6) is 0. The van der Waals surface area contributed by atoms with E-state index >= 15 is 0 Å². The van der Waals surface area contributed by atoms with E-state index in [-0.39, 0.29) is 0 Å². The number of hydrogen-bond acceptors (Lipinski definition) is 2. The topological polar surface area (TPSA) is 33.3 Å². The number of thiocarbonyl (C=S) groups is 1. The van der Waals surface area contributed by atoms with Crippen LogP contribution >= 0.6 is 12.2 Å². The van der Waals surface area contributed by atoms with Crippen LogP contribution in [0.1, 0.15) is 52.9 Å². The molecule has 0 atom stereocenters. The molecule has 0 saturated heterocycles. The summed E-state index contributed by atoms with van der Waals surface area (Å²) >= 11 is 5.24. The number of rotatable bonds is 10. The second kappa shape index (κ2) is 10.6. The van der Waals surface area contributed by atoms with Crippen LogP contribution in [0.15, 0.2) is 0 Å². The van der Waals surface area contributed by atoms with Gasteiger partial charge in [-0.25, -0.2) is 0 Å². The Morgan fingerprint density at radius 3 is 2.50 bits per heavy atom. The molecular formula is C14H30N2OS. The molecule has 0 bridgehead atoms. The van der Waals surface area contributed by atoms with E-state index in [2.05, 4.69) is 31.4 Å². The molecule has 0 fully saturated rings. The van der Waals surface area contributed by atoms with Crippen molar-refractivity contribution in [2.24, 2.45) is 5.41 Å². The smallest absolute Gasteiger partial charge is 0.166 e. The summed E-state index contributed by atoms with van der Waals surface area (Å²) in [5.41, 5.74) is 0.313. The maximum absolute atomic E-state index is 5.24. The van der Waals surface area contributed by atoms with E-state index in [0.29, 0.717) is 5.41 Å². The molecule has 0 aromatic rings. The Labute approximate surface area is 118 Å². The van der Waals surface area contributed by atoms with E-state index in [0.717, 1.165) is 31.2 Å². The van der Waals surface area contributed by atoms with Crippen LogP contribution in [0, 0.1) is 5.41 Å². The summed E-state index contributed by atoms with van der Waals surface area (Å²) in [5, 5.41) is 7.26. The van der Waals surface area contributed by atoms with Crippen molar-refractivity contribution < 1.29 is 4.74 Å². The number of ether oxygens (including phenoxy) is 1. The largest absolute Gasteiger partial charge is 0.385 e. The fourth-order valence-corrected chi connectivity index (χ4v) is 1.92. The molecule has 0 unspecified atom stereocenters. The van der Waals surface area contributed by atoms with Crippen LogP contribution in [0.3, 0.4) is 0 Å². The molecule has 2 N–H and O–H groups in total. The van der Waals surface area contributed by atoms with Crippen LogP contribution < -0.4 is 10.6 Å². The first-order valence-electron chi connectivity index (χ1n) is 7.02. The summed E-state index contributed by atoms with van der Waals surface area (Å²) in [6.07, 6.45) is 6.14. The molecule has 108 valence electrons. The molecular weight excluding hydrogens is 244 g/mol. The number of unbranched alkanes of at least 4 members (excludes halogenated alkanes) is 2. The van der Waals surface area contributed by atoms with Gasteiger partial charge in [-0.3, -0.25) is 0 Å². The Hall–Kier alpha value is -0.350. The van der Waals surface area contributed by atoms with E-state index in [9.17, 15) is 0 Å². The lowest BCUT2D eigenvalue weighted by molar-refractivity contribution is 0.195. The van der Waals surface area contributed by atoms with Gasteiger partial charge in [-0.15, -0.1) is 0 Å². The molecule has 4 heteroatoms. The zero-order valence-electron chi connectivity index (χ0n) is 12.5. The predicted octanol–water partition coefficient (Wildman–Crippen LogP) is 3.09. The Morgan fingerprint density at radius 1 is 1.17 bits per heavy atom. The molecule has 0 amide bonds. The van der Waals surface area contributed by atoms with Crippen molar-refractivity contribution in [1.82, 2.24) is 10.6 Å². The fourth-order valence-electron chi connectivity index (χ4n) is 1.74. The van der Waals surface area contributed by atoms with Crippen molar-refractivity contribution in [3.8, 4) is 0 Å². The lowest BCUT2D eigenvalue weighted by atomic mass is 9.87. The van der Waals surface area contributed by atoms with Gasteiger partial charge in [-0.1, -0.05) is 40.0 Å². The van der Waals surface area contributed by atoms with Crippen molar-refractivity contribution in [1.29, 1.82) is 0 Å². The van der Waals surface area contributed by atoms with Crippen LogP contribution in [-0.4, -0.2) is 31.9 Å². The number of hydrogen-bond donors (Lipinski definition) is 2. The molecule has 0 saturated carbocycles. The Balaban J connectivity index is 3.62. The first-order chi connectivity index (χ1) is 8.52. The van der Waals surface area contributed by atoms with E-state index in [1.165, 1.54) is 25.7 Å². The minimum absolute atomic E-state index is 0.313. The van der Waals surface area contributed by atoms with E-state index < -0.39 is 0 Å². The lowest BCUT2D eigenvalue weighted by Gasteiger charge is -2.25. The molecule has 0 aliphatic heterocycles. The molecule has 0 rings (SSSR count). The SMILES string of the molecule is CCCCCC(C)(C)CNC(=S)NCCCOC. The third kappa shape index (κ3) is 10.8. The highest BCUT2D eigenvalue weighted by Crippen LogP contribution is 2.22. The molecule has 0 spiro atoms. The van der Waals surface area contributed by atoms with Crippen molar-refractivity contribution in [2.75, 3.05) is 26.8 Å². The minimum Gasteiger partial charge on any atom is -0.385 e. The summed E-state index contributed by atoms with van der Waals surface area (Å²) in [6, 6.07) is 0. The van der Waals surface area contributed by atoms with Crippen LogP contribution in [0.25, 0.3) is 0 Å². The molecule has 0 aliphatic carbocycles. The Bertz CT molecular complexity index is 220. The first kappa shape index (κ1) is 17.6. The lowest BCUT2D eigenvalue weighted by Crippen LogP contribution is -2.41. The molecule has 0 aromatic heterocycles. The summed E-state index contributed by atoms with van der Waals surface area (Å²) in [7, 11) is 1.72. The second-order valence-corrected chi connectivity index (χ2v) is 5.99. The zero-order chi connectivity index (χ0) is 13.9. The van der Waals surface area contributed by atoms with Crippen molar-refractivity contribution in [2.45, 2.75) is 52.9 Å². The van der Waals surface area contributed by atoms with Gasteiger partial charge in [0.25, 0.3) is 0 Å².